The van der Waals surface area contributed by atoms with Crippen LogP contribution in [0.4, 0.5) is 24.5 Å². The molecule has 3 unspecified atom stereocenters. The number of hydrogen-bond acceptors (Lipinski definition) is 9. The Balaban J connectivity index is 0.918. The molecule has 1 saturated carbocycles. The minimum atomic E-state index is -4.81. The Hall–Kier alpha value is -4.46. The highest BCUT2D eigenvalue weighted by molar-refractivity contribution is 7.80. The zero-order valence-corrected chi connectivity index (χ0v) is 33.5. The van der Waals surface area contributed by atoms with Gasteiger partial charge in [-0.05, 0) is 127 Å². The van der Waals surface area contributed by atoms with Gasteiger partial charge in [0, 0.05) is 36.8 Å². The smallest absolute Gasteiger partial charge is 0.378 e. The van der Waals surface area contributed by atoms with Crippen LogP contribution in [0.1, 0.15) is 115 Å². The van der Waals surface area contributed by atoms with Crippen LogP contribution in [-0.4, -0.2) is 86.4 Å². The normalized spacial score (nSPS) is 27.0. The lowest BCUT2D eigenvalue weighted by atomic mass is 9.82. The molecule has 1 aromatic heterocycles. The molecule has 4 aliphatic rings. The fourth-order valence-corrected chi connectivity index (χ4v) is 9.60. The Morgan fingerprint density at radius 3 is 2.35 bits per heavy atom. The average Bonchev–Trinajstić information content (AvgIpc) is 3.33. The van der Waals surface area contributed by atoms with Crippen molar-refractivity contribution in [3.8, 4) is 6.07 Å². The fraction of sp³-hybridized carbons (Fsp3) is 0.585. The number of imide groups is 1. The molecule has 1 aliphatic carbocycles. The van der Waals surface area contributed by atoms with E-state index in [2.05, 4.69) is 34.4 Å². The van der Waals surface area contributed by atoms with Gasteiger partial charge in [-0.2, -0.15) is 18.4 Å². The molecule has 2 N–H and O–H groups in total. The standard InChI is InChI=1S/C41H50F3N7O5S/c1-24-18-31(19-25(2)49(24)23-36(53)47-28-11-9-27(10-12-28)32-15-16-35(52)48-37(32)54)56-17-5-6-26-7-13-29(14-8-26)51-39(57)50(38(55)40(51,3)4)30-20-33(41(42,43)44)34(21-45)46-22-30/h9-12,20,22,24-26,29,31-32H,5-8,13-19,23H2,1-4H3,(H,47,53)(H,48,52,54). The molecular formula is C41H50F3N7O5S. The van der Waals surface area contributed by atoms with Crippen LogP contribution in [0.15, 0.2) is 36.5 Å². The number of hydrogen-bond donors (Lipinski definition) is 2. The van der Waals surface area contributed by atoms with Crippen LogP contribution in [0.3, 0.4) is 0 Å². The summed E-state index contributed by atoms with van der Waals surface area (Å²) >= 11 is 5.72. The van der Waals surface area contributed by atoms with E-state index in [4.69, 9.17) is 22.2 Å². The number of piperidine rings is 2. The van der Waals surface area contributed by atoms with Crippen LogP contribution in [0.2, 0.25) is 0 Å². The van der Waals surface area contributed by atoms with Gasteiger partial charge in [0.25, 0.3) is 5.91 Å². The van der Waals surface area contributed by atoms with Gasteiger partial charge in [0.05, 0.1) is 36.0 Å². The number of pyridine rings is 1. The topological polar surface area (TPSA) is 148 Å². The minimum Gasteiger partial charge on any atom is -0.378 e. The van der Waals surface area contributed by atoms with Crippen molar-refractivity contribution in [2.75, 3.05) is 23.4 Å². The summed E-state index contributed by atoms with van der Waals surface area (Å²) in [4.78, 5) is 59.2. The Morgan fingerprint density at radius 1 is 1.07 bits per heavy atom. The second kappa shape index (κ2) is 17.2. The number of nitrogens with zero attached hydrogens (tertiary/aromatic N) is 5. The molecule has 3 aliphatic heterocycles. The SMILES string of the molecule is CC1CC(OCCCC2CCC(N3C(=S)N(c4cnc(C#N)c(C(F)(F)F)c4)C(=O)C3(C)C)CC2)CC(C)N1CC(=O)Nc1ccc(C2CCC(=O)NC2=O)cc1. The lowest BCUT2D eigenvalue weighted by molar-refractivity contribution is -0.138. The minimum absolute atomic E-state index is 0.0387. The number of ether oxygens (including phenoxy) is 1. The van der Waals surface area contributed by atoms with Crippen LogP contribution in [-0.2, 0) is 30.1 Å². The first-order chi connectivity index (χ1) is 27.0. The summed E-state index contributed by atoms with van der Waals surface area (Å²) in [7, 11) is 0. The van der Waals surface area contributed by atoms with Crippen molar-refractivity contribution in [2.24, 2.45) is 5.92 Å². The van der Waals surface area contributed by atoms with E-state index in [9.17, 15) is 32.3 Å². The summed E-state index contributed by atoms with van der Waals surface area (Å²) in [5, 5.41) is 14.7. The highest BCUT2D eigenvalue weighted by Gasteiger charge is 2.53. The number of benzene rings is 1. The number of carbonyl (C=O) groups is 4. The third-order valence-corrected chi connectivity index (χ3v) is 12.4. The molecule has 3 saturated heterocycles. The predicted octanol–water partition coefficient (Wildman–Crippen LogP) is 6.44. The van der Waals surface area contributed by atoms with Crippen molar-refractivity contribution in [1.29, 1.82) is 5.26 Å². The number of carbonyl (C=O) groups excluding carboxylic acids is 4. The van der Waals surface area contributed by atoms with Gasteiger partial charge >= 0.3 is 6.18 Å². The molecule has 4 fully saturated rings. The van der Waals surface area contributed by atoms with Crippen molar-refractivity contribution < 1.29 is 37.1 Å². The number of aromatic nitrogens is 1. The third kappa shape index (κ3) is 9.31. The number of nitriles is 1. The van der Waals surface area contributed by atoms with Crippen molar-refractivity contribution in [2.45, 2.75) is 134 Å². The predicted molar refractivity (Wildman–Crippen MR) is 210 cm³/mol. The second-order valence-corrected chi connectivity index (χ2v) is 16.7. The fourth-order valence-electron chi connectivity index (χ4n) is 9.03. The number of alkyl halides is 3. The largest absolute Gasteiger partial charge is 0.419 e. The van der Waals surface area contributed by atoms with Gasteiger partial charge in [0.2, 0.25) is 17.7 Å². The summed E-state index contributed by atoms with van der Waals surface area (Å²) in [5.41, 5.74) is -1.67. The first-order valence-electron chi connectivity index (χ1n) is 19.7. The first kappa shape index (κ1) is 42.2. The van der Waals surface area contributed by atoms with Crippen LogP contribution in [0, 0.1) is 17.2 Å². The summed E-state index contributed by atoms with van der Waals surface area (Å²) in [6.07, 6.45) is 4.17. The number of halogens is 3. The molecule has 306 valence electrons. The monoisotopic (exact) mass is 809 g/mol. The van der Waals surface area contributed by atoms with Gasteiger partial charge < -0.3 is 15.0 Å². The Kier molecular flexibility index (Phi) is 12.7. The van der Waals surface area contributed by atoms with Gasteiger partial charge in [-0.3, -0.25) is 34.3 Å². The van der Waals surface area contributed by atoms with Crippen LogP contribution in [0.5, 0.6) is 0 Å². The molecule has 0 spiro atoms. The summed E-state index contributed by atoms with van der Waals surface area (Å²) in [6.45, 7) is 8.61. The van der Waals surface area contributed by atoms with Crippen molar-refractivity contribution >= 4 is 52.3 Å². The van der Waals surface area contributed by atoms with E-state index in [1.807, 2.05) is 17.0 Å². The lowest BCUT2D eigenvalue weighted by Crippen LogP contribution is -2.51. The van der Waals surface area contributed by atoms with E-state index < -0.39 is 28.9 Å². The van der Waals surface area contributed by atoms with Crippen LogP contribution < -0.4 is 15.5 Å². The van der Waals surface area contributed by atoms with Gasteiger partial charge in [0.1, 0.15) is 11.6 Å². The molecule has 4 amide bonds. The summed E-state index contributed by atoms with van der Waals surface area (Å²) < 4.78 is 47.4. The van der Waals surface area contributed by atoms with E-state index in [1.165, 1.54) is 6.07 Å². The Labute approximate surface area is 336 Å². The Morgan fingerprint density at radius 2 is 1.74 bits per heavy atom. The van der Waals surface area contributed by atoms with E-state index >= 15 is 0 Å². The highest BCUT2D eigenvalue weighted by Crippen LogP contribution is 2.41. The zero-order chi connectivity index (χ0) is 41.2. The first-order valence-corrected chi connectivity index (χ1v) is 20.1. The van der Waals surface area contributed by atoms with Gasteiger partial charge in [-0.1, -0.05) is 12.1 Å². The average molecular weight is 810 g/mol. The van der Waals surface area contributed by atoms with Crippen molar-refractivity contribution in [3.05, 3.63) is 53.3 Å². The molecule has 2 aromatic rings. The summed E-state index contributed by atoms with van der Waals surface area (Å²) in [6, 6.07) is 9.71. The zero-order valence-electron chi connectivity index (χ0n) is 32.7. The van der Waals surface area contributed by atoms with Crippen LogP contribution >= 0.6 is 12.2 Å². The number of rotatable bonds is 11. The molecule has 12 nitrogen and oxygen atoms in total. The molecule has 1 aromatic carbocycles. The third-order valence-electron chi connectivity index (χ3n) is 12.1. The molecule has 16 heteroatoms. The molecule has 3 atom stereocenters. The maximum Gasteiger partial charge on any atom is 0.419 e. The molecule has 0 bridgehead atoms. The van der Waals surface area contributed by atoms with E-state index in [0.717, 1.165) is 74.1 Å². The Bertz CT molecular complexity index is 1900. The molecule has 57 heavy (non-hydrogen) atoms. The number of nitrogens with one attached hydrogen (secondary N) is 2. The van der Waals surface area contributed by atoms with E-state index in [1.54, 1.807) is 26.0 Å². The highest BCUT2D eigenvalue weighted by atomic mass is 32.1. The van der Waals surface area contributed by atoms with E-state index in [-0.39, 0.29) is 65.2 Å². The van der Waals surface area contributed by atoms with Gasteiger partial charge in [0.15, 0.2) is 10.8 Å². The lowest BCUT2D eigenvalue weighted by Gasteiger charge is -2.42. The number of amides is 4. The van der Waals surface area contributed by atoms with E-state index in [0.29, 0.717) is 31.1 Å². The maximum atomic E-state index is 13.7. The summed E-state index contributed by atoms with van der Waals surface area (Å²) in [5.74, 6) is -0.975. The number of thiocarbonyl (C=S) groups is 1. The second-order valence-electron chi connectivity index (χ2n) is 16.4. The molecule has 4 heterocycles. The van der Waals surface area contributed by atoms with Crippen LogP contribution in [0.25, 0.3) is 0 Å². The molecular weight excluding hydrogens is 760 g/mol. The van der Waals surface area contributed by atoms with Gasteiger partial charge in [-0.15, -0.1) is 0 Å². The molecule has 6 rings (SSSR count). The number of likely N-dealkylation sites (tertiary alicyclic amines) is 1. The van der Waals surface area contributed by atoms with Crippen molar-refractivity contribution in [3.63, 3.8) is 0 Å². The number of anilines is 2. The maximum absolute atomic E-state index is 13.7. The quantitative estimate of drug-likeness (QED) is 0.148. The van der Waals surface area contributed by atoms with Gasteiger partial charge in [-0.25, -0.2) is 4.98 Å². The van der Waals surface area contributed by atoms with Crippen molar-refractivity contribution in [1.82, 2.24) is 20.1 Å². The molecule has 0 radical (unpaired) electrons.